The Kier molecular flexibility index (Phi) is 3.16. The van der Waals surface area contributed by atoms with Gasteiger partial charge < -0.3 is 5.73 Å². The Bertz CT molecular complexity index is 512. The van der Waals surface area contributed by atoms with Crippen LogP contribution in [0.4, 0.5) is 0 Å². The van der Waals surface area contributed by atoms with Gasteiger partial charge in [-0.1, -0.05) is 39.0 Å². The van der Waals surface area contributed by atoms with Crippen molar-refractivity contribution in [1.29, 1.82) is 0 Å². The quantitative estimate of drug-likeness (QED) is 0.870. The minimum atomic E-state index is 0.0420. The third-order valence-corrected chi connectivity index (χ3v) is 3.81. The van der Waals surface area contributed by atoms with Crippen LogP contribution in [0, 0.1) is 5.41 Å². The number of hydrogen-bond acceptors (Lipinski definition) is 2. The molecule has 0 fully saturated rings. The van der Waals surface area contributed by atoms with Crippen LogP contribution in [-0.2, 0) is 0 Å². The summed E-state index contributed by atoms with van der Waals surface area (Å²) < 4.78 is 0. The van der Waals surface area contributed by atoms with Crippen molar-refractivity contribution in [3.63, 3.8) is 0 Å². The molecule has 0 saturated heterocycles. The molecular weight excluding hydrogens is 208 g/mol. The molecule has 0 aliphatic carbocycles. The second-order valence-corrected chi connectivity index (χ2v) is 5.26. The Morgan fingerprint density at radius 2 is 2.06 bits per heavy atom. The Labute approximate surface area is 103 Å². The van der Waals surface area contributed by atoms with Gasteiger partial charge in [0.05, 0.1) is 0 Å². The predicted molar refractivity (Wildman–Crippen MR) is 72.7 cm³/mol. The molecule has 17 heavy (non-hydrogen) atoms. The minimum Gasteiger partial charge on any atom is -0.323 e. The van der Waals surface area contributed by atoms with Crippen LogP contribution >= 0.6 is 0 Å². The van der Waals surface area contributed by atoms with Gasteiger partial charge in [0.2, 0.25) is 0 Å². The number of fused-ring (bicyclic) bond motifs is 1. The van der Waals surface area contributed by atoms with Crippen molar-refractivity contribution in [3.05, 3.63) is 42.2 Å². The summed E-state index contributed by atoms with van der Waals surface area (Å²) in [5.41, 5.74) is 7.72. The van der Waals surface area contributed by atoms with E-state index in [1.165, 1.54) is 16.3 Å². The molecule has 0 radical (unpaired) electrons. The maximum absolute atomic E-state index is 6.42. The summed E-state index contributed by atoms with van der Waals surface area (Å²) in [6.45, 7) is 6.61. The van der Waals surface area contributed by atoms with E-state index in [1.807, 2.05) is 18.5 Å². The molecule has 1 atom stereocenters. The SMILES string of the molecule is CCC(C)(C)C(N)c1cccc2ccncc12. The van der Waals surface area contributed by atoms with E-state index in [4.69, 9.17) is 5.73 Å². The second kappa shape index (κ2) is 4.46. The van der Waals surface area contributed by atoms with Crippen molar-refractivity contribution in [2.45, 2.75) is 33.2 Å². The lowest BCUT2D eigenvalue weighted by Crippen LogP contribution is -2.28. The molecular formula is C15H20N2. The molecule has 2 heteroatoms. The molecule has 2 nitrogen and oxygen atoms in total. The third-order valence-electron chi connectivity index (χ3n) is 3.81. The lowest BCUT2D eigenvalue weighted by Gasteiger charge is -2.31. The number of nitrogens with two attached hydrogens (primary N) is 1. The maximum atomic E-state index is 6.42. The minimum absolute atomic E-state index is 0.0420. The highest BCUT2D eigenvalue weighted by Gasteiger charge is 2.26. The summed E-state index contributed by atoms with van der Waals surface area (Å²) in [4.78, 5) is 4.21. The van der Waals surface area contributed by atoms with Gasteiger partial charge in [-0.25, -0.2) is 0 Å². The van der Waals surface area contributed by atoms with E-state index in [-0.39, 0.29) is 11.5 Å². The number of hydrogen-bond donors (Lipinski definition) is 1. The van der Waals surface area contributed by atoms with Crippen molar-refractivity contribution in [2.75, 3.05) is 0 Å². The van der Waals surface area contributed by atoms with Crippen molar-refractivity contribution in [1.82, 2.24) is 4.98 Å². The molecule has 2 N–H and O–H groups in total. The van der Waals surface area contributed by atoms with Gasteiger partial charge in [-0.05, 0) is 28.9 Å². The van der Waals surface area contributed by atoms with Crippen LogP contribution < -0.4 is 5.73 Å². The topological polar surface area (TPSA) is 38.9 Å². The summed E-state index contributed by atoms with van der Waals surface area (Å²) in [5.74, 6) is 0. The van der Waals surface area contributed by atoms with Crippen LogP contribution in [0.15, 0.2) is 36.7 Å². The summed E-state index contributed by atoms with van der Waals surface area (Å²) in [5, 5.41) is 2.38. The first-order valence-electron chi connectivity index (χ1n) is 6.14. The van der Waals surface area contributed by atoms with Crippen LogP contribution in [0.1, 0.15) is 38.8 Å². The largest absolute Gasteiger partial charge is 0.323 e. The van der Waals surface area contributed by atoms with E-state index in [1.54, 1.807) is 0 Å². The monoisotopic (exact) mass is 228 g/mol. The molecule has 2 aromatic rings. The molecule has 90 valence electrons. The molecule has 1 heterocycles. The lowest BCUT2D eigenvalue weighted by molar-refractivity contribution is 0.279. The van der Waals surface area contributed by atoms with E-state index >= 15 is 0 Å². The number of benzene rings is 1. The summed E-state index contributed by atoms with van der Waals surface area (Å²) in [7, 11) is 0. The molecule has 1 aromatic carbocycles. The normalized spacial score (nSPS) is 13.9. The first-order valence-corrected chi connectivity index (χ1v) is 6.14. The first-order chi connectivity index (χ1) is 8.06. The van der Waals surface area contributed by atoms with E-state index in [9.17, 15) is 0 Å². The lowest BCUT2D eigenvalue weighted by atomic mass is 9.78. The van der Waals surface area contributed by atoms with E-state index in [0.717, 1.165) is 6.42 Å². The van der Waals surface area contributed by atoms with Gasteiger partial charge >= 0.3 is 0 Å². The van der Waals surface area contributed by atoms with Crippen LogP contribution in [0.5, 0.6) is 0 Å². The molecule has 0 saturated carbocycles. The predicted octanol–water partition coefficient (Wildman–Crippen LogP) is 3.67. The van der Waals surface area contributed by atoms with Gasteiger partial charge in [0.15, 0.2) is 0 Å². The summed E-state index contributed by atoms with van der Waals surface area (Å²) in [6.07, 6.45) is 4.80. The van der Waals surface area contributed by atoms with Gasteiger partial charge in [0.25, 0.3) is 0 Å². The van der Waals surface area contributed by atoms with Crippen LogP contribution in [-0.4, -0.2) is 4.98 Å². The Balaban J connectivity index is 2.56. The summed E-state index contributed by atoms with van der Waals surface area (Å²) in [6, 6.07) is 8.37. The van der Waals surface area contributed by atoms with Gasteiger partial charge in [-0.2, -0.15) is 0 Å². The van der Waals surface area contributed by atoms with E-state index < -0.39 is 0 Å². The zero-order valence-electron chi connectivity index (χ0n) is 10.8. The zero-order chi connectivity index (χ0) is 12.5. The maximum Gasteiger partial charge on any atom is 0.0353 e. The fraction of sp³-hybridized carbons (Fsp3) is 0.400. The van der Waals surface area contributed by atoms with Crippen LogP contribution in [0.2, 0.25) is 0 Å². The standard InChI is InChI=1S/C15H20N2/c1-4-15(2,3)14(16)12-7-5-6-11-8-9-17-10-13(11)12/h5-10,14H,4,16H2,1-3H3. The Morgan fingerprint density at radius 1 is 1.29 bits per heavy atom. The fourth-order valence-electron chi connectivity index (χ4n) is 2.05. The van der Waals surface area contributed by atoms with Gasteiger partial charge in [0.1, 0.15) is 0 Å². The van der Waals surface area contributed by atoms with Gasteiger partial charge in [-0.15, -0.1) is 0 Å². The Hall–Kier alpha value is -1.41. The number of nitrogens with zero attached hydrogens (tertiary/aromatic N) is 1. The van der Waals surface area contributed by atoms with Crippen molar-refractivity contribution in [2.24, 2.45) is 11.1 Å². The highest BCUT2D eigenvalue weighted by atomic mass is 14.7. The van der Waals surface area contributed by atoms with Gasteiger partial charge in [0, 0.05) is 23.8 Å². The number of aromatic nitrogens is 1. The third kappa shape index (κ3) is 2.18. The molecule has 1 unspecified atom stereocenters. The number of rotatable bonds is 3. The van der Waals surface area contributed by atoms with E-state index in [0.29, 0.717) is 0 Å². The molecule has 0 aliphatic rings. The highest BCUT2D eigenvalue weighted by molar-refractivity contribution is 5.85. The van der Waals surface area contributed by atoms with Crippen molar-refractivity contribution in [3.8, 4) is 0 Å². The van der Waals surface area contributed by atoms with Crippen molar-refractivity contribution < 1.29 is 0 Å². The molecule has 0 amide bonds. The molecule has 1 aromatic heterocycles. The zero-order valence-corrected chi connectivity index (χ0v) is 10.8. The smallest absolute Gasteiger partial charge is 0.0353 e. The summed E-state index contributed by atoms with van der Waals surface area (Å²) >= 11 is 0. The molecule has 2 rings (SSSR count). The first kappa shape index (κ1) is 12.1. The average Bonchev–Trinajstić information content (AvgIpc) is 2.37. The van der Waals surface area contributed by atoms with Crippen LogP contribution in [0.25, 0.3) is 10.8 Å². The van der Waals surface area contributed by atoms with E-state index in [2.05, 4.69) is 44.0 Å². The fourth-order valence-corrected chi connectivity index (χ4v) is 2.05. The highest BCUT2D eigenvalue weighted by Crippen LogP contribution is 2.36. The molecule has 0 spiro atoms. The number of pyridine rings is 1. The average molecular weight is 228 g/mol. The second-order valence-electron chi connectivity index (χ2n) is 5.26. The van der Waals surface area contributed by atoms with Crippen molar-refractivity contribution >= 4 is 10.8 Å². The molecule has 0 aliphatic heterocycles. The van der Waals surface area contributed by atoms with Crippen LogP contribution in [0.3, 0.4) is 0 Å². The molecule has 0 bridgehead atoms. The van der Waals surface area contributed by atoms with Gasteiger partial charge in [-0.3, -0.25) is 4.98 Å². The Morgan fingerprint density at radius 3 is 2.76 bits per heavy atom.